The van der Waals surface area contributed by atoms with Crippen LogP contribution in [0.1, 0.15) is 117 Å². The molecular weight excluding hydrogens is 375 g/mol. The minimum absolute atomic E-state index is 0. The van der Waals surface area contributed by atoms with Crippen molar-refractivity contribution < 1.29 is 19.2 Å². The fourth-order valence-electron chi connectivity index (χ4n) is 2.27. The minimum Gasteiger partial charge on any atom is -0.343 e. The molecular formula is C20H45CaO4P. The summed E-state index contributed by atoms with van der Waals surface area (Å²) < 4.78 is 8.88. The SMILES string of the molecule is O=P(O)(O)O.[CH2-]CCCCCCCCC.[CH2-]CCCCCCCCC.[Ca+2]. The number of hydrogen-bond donors (Lipinski definition) is 3. The van der Waals surface area contributed by atoms with Crippen molar-refractivity contribution in [2.24, 2.45) is 0 Å². The van der Waals surface area contributed by atoms with Crippen molar-refractivity contribution in [3.05, 3.63) is 13.8 Å². The Kier molecular flexibility index (Phi) is 41.7. The summed E-state index contributed by atoms with van der Waals surface area (Å²) in [6, 6.07) is 0. The molecule has 0 heterocycles. The van der Waals surface area contributed by atoms with Gasteiger partial charge in [0.15, 0.2) is 0 Å². The van der Waals surface area contributed by atoms with Gasteiger partial charge in [-0.1, -0.05) is 104 Å². The van der Waals surface area contributed by atoms with Gasteiger partial charge in [0.25, 0.3) is 0 Å². The number of phosphoric acid groups is 1. The largest absolute Gasteiger partial charge is 2.00 e. The Hall–Kier alpha value is 1.37. The van der Waals surface area contributed by atoms with Crippen molar-refractivity contribution in [1.29, 1.82) is 0 Å². The van der Waals surface area contributed by atoms with Crippen LogP contribution in [0.5, 0.6) is 0 Å². The van der Waals surface area contributed by atoms with Gasteiger partial charge in [0.1, 0.15) is 0 Å². The summed E-state index contributed by atoms with van der Waals surface area (Å²) in [7, 11) is -4.64. The summed E-state index contributed by atoms with van der Waals surface area (Å²) in [6.45, 7) is 12.2. The molecule has 0 unspecified atom stereocenters. The predicted molar refractivity (Wildman–Crippen MR) is 116 cm³/mol. The van der Waals surface area contributed by atoms with Gasteiger partial charge in [-0.05, 0) is 0 Å². The van der Waals surface area contributed by atoms with Crippen LogP contribution in [-0.4, -0.2) is 52.4 Å². The fourth-order valence-corrected chi connectivity index (χ4v) is 2.27. The Morgan fingerprint density at radius 3 is 0.962 bits per heavy atom. The zero-order valence-corrected chi connectivity index (χ0v) is 20.7. The second kappa shape index (κ2) is 31.1. The third-order valence-corrected chi connectivity index (χ3v) is 3.71. The van der Waals surface area contributed by atoms with E-state index in [1.165, 1.54) is 89.9 Å². The molecule has 3 N–H and O–H groups in total. The Balaban J connectivity index is -0.000000145. The normalized spacial score (nSPS) is 10.1. The molecule has 26 heavy (non-hydrogen) atoms. The standard InChI is InChI=1S/2C10H21.Ca.H3O4P/c2*1-3-5-7-9-10-8-6-4-2;;1-5(2,3)4/h2*1,3-10H2,2H3;;(H3,1,2,3,4)/q2*-1;+2;. The maximum Gasteiger partial charge on any atom is 2.00 e. The van der Waals surface area contributed by atoms with Gasteiger partial charge in [-0.2, -0.15) is 12.8 Å². The minimum atomic E-state index is -4.64. The molecule has 6 heteroatoms. The number of rotatable bonds is 14. The summed E-state index contributed by atoms with van der Waals surface area (Å²) in [6.07, 6.45) is 21.8. The van der Waals surface area contributed by atoms with Crippen LogP contribution >= 0.6 is 7.82 Å². The van der Waals surface area contributed by atoms with Gasteiger partial charge in [-0.3, -0.25) is 0 Å². The van der Waals surface area contributed by atoms with E-state index in [1.807, 2.05) is 0 Å². The number of hydrogen-bond acceptors (Lipinski definition) is 1. The first-order chi connectivity index (χ1) is 11.8. The van der Waals surface area contributed by atoms with E-state index >= 15 is 0 Å². The molecule has 0 rings (SSSR count). The van der Waals surface area contributed by atoms with Crippen molar-refractivity contribution in [2.75, 3.05) is 0 Å². The van der Waals surface area contributed by atoms with Crippen LogP contribution in [-0.2, 0) is 4.57 Å². The molecule has 0 aliphatic heterocycles. The Bertz CT molecular complexity index is 220. The monoisotopic (exact) mass is 420 g/mol. The fraction of sp³-hybridized carbons (Fsp3) is 0.900. The van der Waals surface area contributed by atoms with Crippen molar-refractivity contribution >= 4 is 45.6 Å². The molecule has 0 amide bonds. The van der Waals surface area contributed by atoms with E-state index in [0.717, 1.165) is 12.8 Å². The Labute approximate surface area is 194 Å². The summed E-state index contributed by atoms with van der Waals surface area (Å²) >= 11 is 0. The molecule has 0 spiro atoms. The third kappa shape index (κ3) is 63.8. The first-order valence-electron chi connectivity index (χ1n) is 10.2. The van der Waals surface area contributed by atoms with E-state index in [9.17, 15) is 0 Å². The van der Waals surface area contributed by atoms with Gasteiger partial charge < -0.3 is 28.5 Å². The first-order valence-corrected chi connectivity index (χ1v) is 11.8. The van der Waals surface area contributed by atoms with E-state index in [0.29, 0.717) is 0 Å². The Morgan fingerprint density at radius 1 is 0.577 bits per heavy atom. The molecule has 0 aliphatic rings. The van der Waals surface area contributed by atoms with Crippen molar-refractivity contribution in [2.45, 2.75) is 117 Å². The van der Waals surface area contributed by atoms with Crippen LogP contribution in [0.25, 0.3) is 0 Å². The van der Waals surface area contributed by atoms with Gasteiger partial charge in [0.05, 0.1) is 0 Å². The quantitative estimate of drug-likeness (QED) is 0.128. The van der Waals surface area contributed by atoms with Crippen molar-refractivity contribution in [3.63, 3.8) is 0 Å². The molecule has 0 bridgehead atoms. The molecule has 0 fully saturated rings. The molecule has 156 valence electrons. The Morgan fingerprint density at radius 2 is 0.769 bits per heavy atom. The zero-order valence-electron chi connectivity index (χ0n) is 17.6. The topological polar surface area (TPSA) is 77.8 Å². The molecule has 0 aromatic heterocycles. The molecule has 0 atom stereocenters. The molecule has 4 nitrogen and oxygen atoms in total. The van der Waals surface area contributed by atoms with Crippen molar-refractivity contribution in [1.82, 2.24) is 0 Å². The summed E-state index contributed by atoms with van der Waals surface area (Å²) in [5, 5.41) is 0. The molecule has 0 aromatic carbocycles. The second-order valence-corrected chi connectivity index (χ2v) is 7.49. The number of unbranched alkanes of at least 4 members (excludes halogenated alkanes) is 14. The van der Waals surface area contributed by atoms with Gasteiger partial charge in [0, 0.05) is 0 Å². The molecule has 0 radical (unpaired) electrons. The summed E-state index contributed by atoms with van der Waals surface area (Å²) in [5.74, 6) is 0. The van der Waals surface area contributed by atoms with Crippen LogP contribution in [0, 0.1) is 13.8 Å². The molecule has 0 aromatic rings. The van der Waals surface area contributed by atoms with E-state index < -0.39 is 7.82 Å². The molecule has 0 saturated heterocycles. The van der Waals surface area contributed by atoms with Gasteiger partial charge in [-0.15, -0.1) is 0 Å². The van der Waals surface area contributed by atoms with Gasteiger partial charge in [-0.25, -0.2) is 4.57 Å². The average Bonchev–Trinajstić information content (AvgIpc) is 2.53. The van der Waals surface area contributed by atoms with E-state index in [1.54, 1.807) is 0 Å². The predicted octanol–water partition coefficient (Wildman–Crippen LogP) is 6.61. The molecule has 0 saturated carbocycles. The van der Waals surface area contributed by atoms with Crippen LogP contribution in [0.2, 0.25) is 0 Å². The average molecular weight is 421 g/mol. The first kappa shape index (κ1) is 34.8. The summed E-state index contributed by atoms with van der Waals surface area (Å²) in [5.41, 5.74) is 0. The van der Waals surface area contributed by atoms with Crippen LogP contribution in [0.4, 0.5) is 0 Å². The second-order valence-electron chi connectivity index (χ2n) is 6.46. The third-order valence-electron chi connectivity index (χ3n) is 3.71. The van der Waals surface area contributed by atoms with E-state index in [2.05, 4.69) is 27.7 Å². The maximum atomic E-state index is 8.88. The van der Waals surface area contributed by atoms with Crippen LogP contribution in [0.3, 0.4) is 0 Å². The summed E-state index contributed by atoms with van der Waals surface area (Å²) in [4.78, 5) is 21.6. The van der Waals surface area contributed by atoms with Crippen LogP contribution in [0.15, 0.2) is 0 Å². The van der Waals surface area contributed by atoms with Gasteiger partial charge >= 0.3 is 45.6 Å². The molecule has 0 aliphatic carbocycles. The van der Waals surface area contributed by atoms with Gasteiger partial charge in [0.2, 0.25) is 0 Å². The van der Waals surface area contributed by atoms with Crippen molar-refractivity contribution in [3.8, 4) is 0 Å². The van der Waals surface area contributed by atoms with E-state index in [4.69, 9.17) is 19.2 Å². The van der Waals surface area contributed by atoms with E-state index in [-0.39, 0.29) is 37.7 Å². The smallest absolute Gasteiger partial charge is 0.343 e. The van der Waals surface area contributed by atoms with Crippen LogP contribution < -0.4 is 0 Å². The maximum absolute atomic E-state index is 8.88. The zero-order chi connectivity index (χ0) is 19.8.